The number of halogens is 2. The van der Waals surface area contributed by atoms with Crippen molar-refractivity contribution < 1.29 is 4.79 Å². The lowest BCUT2D eigenvalue weighted by Crippen LogP contribution is -2.41. The Morgan fingerprint density at radius 3 is 2.36 bits per heavy atom. The second-order valence-corrected chi connectivity index (χ2v) is 6.01. The summed E-state index contributed by atoms with van der Waals surface area (Å²) in [5.74, 6) is 0.357. The van der Waals surface area contributed by atoms with Crippen LogP contribution in [0.1, 0.15) is 31.4 Å². The van der Waals surface area contributed by atoms with Crippen molar-refractivity contribution >= 4 is 30.7 Å². The van der Waals surface area contributed by atoms with Crippen molar-refractivity contribution in [1.82, 2.24) is 10.2 Å². The summed E-state index contributed by atoms with van der Waals surface area (Å²) in [7, 11) is 4.08. The molecule has 22 heavy (non-hydrogen) atoms. The van der Waals surface area contributed by atoms with E-state index in [-0.39, 0.29) is 30.7 Å². The van der Waals surface area contributed by atoms with Crippen LogP contribution in [0.3, 0.4) is 0 Å². The smallest absolute Gasteiger partial charge is 0.237 e. The molecule has 1 aromatic carbocycles. The van der Waals surface area contributed by atoms with E-state index >= 15 is 0 Å². The first kappa shape index (κ1) is 23.5. The molecule has 0 heterocycles. The van der Waals surface area contributed by atoms with Crippen LogP contribution in [0, 0.1) is 5.92 Å². The van der Waals surface area contributed by atoms with Gasteiger partial charge in [-0.2, -0.15) is 0 Å². The lowest BCUT2D eigenvalue weighted by atomic mass is 10.0. The van der Waals surface area contributed by atoms with E-state index in [0.717, 1.165) is 12.1 Å². The fourth-order valence-corrected chi connectivity index (χ4v) is 2.14. The van der Waals surface area contributed by atoms with Crippen LogP contribution in [0.4, 0.5) is 0 Å². The molecule has 0 fully saturated rings. The zero-order valence-corrected chi connectivity index (χ0v) is 15.5. The molecule has 0 saturated heterocycles. The highest BCUT2D eigenvalue weighted by Crippen LogP contribution is 2.07. The van der Waals surface area contributed by atoms with Gasteiger partial charge < -0.3 is 16.0 Å². The molecule has 0 aliphatic carbocycles. The third kappa shape index (κ3) is 9.26. The lowest BCUT2D eigenvalue weighted by Gasteiger charge is -2.15. The summed E-state index contributed by atoms with van der Waals surface area (Å²) in [4.78, 5) is 14.0. The van der Waals surface area contributed by atoms with Gasteiger partial charge in [-0.3, -0.25) is 4.79 Å². The molecule has 1 amide bonds. The van der Waals surface area contributed by atoms with E-state index in [1.54, 1.807) is 0 Å². The lowest BCUT2D eigenvalue weighted by molar-refractivity contribution is -0.122. The van der Waals surface area contributed by atoms with Crippen LogP contribution in [-0.2, 0) is 17.9 Å². The van der Waals surface area contributed by atoms with Gasteiger partial charge in [0, 0.05) is 13.1 Å². The Bertz CT molecular complexity index is 439. The number of nitrogens with two attached hydrogens (primary N) is 1. The highest BCUT2D eigenvalue weighted by molar-refractivity contribution is 5.85. The predicted molar refractivity (Wildman–Crippen MR) is 97.6 cm³/mol. The second kappa shape index (κ2) is 11.7. The van der Waals surface area contributed by atoms with Gasteiger partial charge in [0.05, 0.1) is 6.04 Å². The number of rotatable bonds is 7. The number of benzene rings is 1. The van der Waals surface area contributed by atoms with Crippen molar-refractivity contribution in [2.24, 2.45) is 11.7 Å². The Balaban J connectivity index is 0. The fourth-order valence-electron chi connectivity index (χ4n) is 2.14. The molecule has 0 aromatic heterocycles. The highest BCUT2D eigenvalue weighted by Gasteiger charge is 2.14. The number of hydrogen-bond acceptors (Lipinski definition) is 3. The molecular weight excluding hydrogens is 321 g/mol. The van der Waals surface area contributed by atoms with Gasteiger partial charge in [-0.05, 0) is 37.6 Å². The van der Waals surface area contributed by atoms with Gasteiger partial charge in [0.25, 0.3) is 0 Å². The van der Waals surface area contributed by atoms with Crippen LogP contribution < -0.4 is 11.1 Å². The van der Waals surface area contributed by atoms with E-state index in [1.165, 1.54) is 5.56 Å². The topological polar surface area (TPSA) is 58.4 Å². The molecule has 0 aliphatic rings. The third-order valence-electron chi connectivity index (χ3n) is 3.02. The van der Waals surface area contributed by atoms with E-state index in [9.17, 15) is 4.79 Å². The molecule has 4 nitrogen and oxygen atoms in total. The Labute approximate surface area is 146 Å². The minimum absolute atomic E-state index is 0. The Hall–Kier alpha value is -0.810. The van der Waals surface area contributed by atoms with Gasteiger partial charge in [0.1, 0.15) is 0 Å². The summed E-state index contributed by atoms with van der Waals surface area (Å²) in [5.41, 5.74) is 8.21. The van der Waals surface area contributed by atoms with Crippen LogP contribution in [0.5, 0.6) is 0 Å². The molecule has 1 rings (SSSR count). The van der Waals surface area contributed by atoms with Crippen molar-refractivity contribution in [3.05, 3.63) is 35.4 Å². The van der Waals surface area contributed by atoms with Crippen molar-refractivity contribution in [2.45, 2.75) is 39.4 Å². The fraction of sp³-hybridized carbons (Fsp3) is 0.562. The average Bonchev–Trinajstić information content (AvgIpc) is 2.34. The summed E-state index contributed by atoms with van der Waals surface area (Å²) in [6, 6.07) is 7.84. The van der Waals surface area contributed by atoms with Crippen LogP contribution in [-0.4, -0.2) is 30.9 Å². The molecule has 6 heteroatoms. The SMILES string of the molecule is CC(C)C[C@H](N)C(=O)NCc1cccc(CN(C)C)c1.Cl.Cl. The van der Waals surface area contributed by atoms with Crippen molar-refractivity contribution in [3.63, 3.8) is 0 Å². The molecule has 128 valence electrons. The quantitative estimate of drug-likeness (QED) is 0.795. The van der Waals surface area contributed by atoms with Gasteiger partial charge in [-0.15, -0.1) is 24.8 Å². The van der Waals surface area contributed by atoms with E-state index in [1.807, 2.05) is 26.2 Å². The molecule has 3 N–H and O–H groups in total. The van der Waals surface area contributed by atoms with E-state index in [2.05, 4.69) is 36.2 Å². The summed E-state index contributed by atoms with van der Waals surface area (Å²) >= 11 is 0. The van der Waals surface area contributed by atoms with Gasteiger partial charge >= 0.3 is 0 Å². The number of nitrogens with one attached hydrogen (secondary N) is 1. The van der Waals surface area contributed by atoms with Gasteiger partial charge in [0.15, 0.2) is 0 Å². The van der Waals surface area contributed by atoms with Crippen LogP contribution in [0.2, 0.25) is 0 Å². The summed E-state index contributed by atoms with van der Waals surface area (Å²) in [6.45, 7) is 5.57. The summed E-state index contributed by atoms with van der Waals surface area (Å²) < 4.78 is 0. The second-order valence-electron chi connectivity index (χ2n) is 6.01. The summed E-state index contributed by atoms with van der Waals surface area (Å²) in [5, 5.41) is 2.91. The number of carbonyl (C=O) groups is 1. The molecule has 0 spiro atoms. The van der Waals surface area contributed by atoms with Crippen molar-refractivity contribution in [3.8, 4) is 0 Å². The Kier molecular flexibility index (Phi) is 12.5. The van der Waals surface area contributed by atoms with E-state index in [0.29, 0.717) is 18.9 Å². The zero-order valence-electron chi connectivity index (χ0n) is 13.8. The molecule has 0 radical (unpaired) electrons. The monoisotopic (exact) mass is 349 g/mol. The first-order valence-corrected chi connectivity index (χ1v) is 7.14. The minimum Gasteiger partial charge on any atom is -0.351 e. The predicted octanol–water partition coefficient (Wildman–Crippen LogP) is 2.58. The van der Waals surface area contributed by atoms with E-state index < -0.39 is 6.04 Å². The normalized spacial score (nSPS) is 11.6. The molecule has 0 bridgehead atoms. The largest absolute Gasteiger partial charge is 0.351 e. The maximum absolute atomic E-state index is 11.9. The van der Waals surface area contributed by atoms with Gasteiger partial charge in [-0.1, -0.05) is 38.1 Å². The highest BCUT2D eigenvalue weighted by atomic mass is 35.5. The van der Waals surface area contributed by atoms with Crippen molar-refractivity contribution in [1.29, 1.82) is 0 Å². The average molecular weight is 350 g/mol. The van der Waals surface area contributed by atoms with Crippen LogP contribution in [0.25, 0.3) is 0 Å². The maximum Gasteiger partial charge on any atom is 0.237 e. The Morgan fingerprint density at radius 2 is 1.82 bits per heavy atom. The third-order valence-corrected chi connectivity index (χ3v) is 3.02. The standard InChI is InChI=1S/C16H27N3O.2ClH/c1-12(2)8-15(17)16(20)18-10-13-6-5-7-14(9-13)11-19(3)4;;/h5-7,9,12,15H,8,10-11,17H2,1-4H3,(H,18,20);2*1H/t15-;;/m0../s1. The first-order chi connectivity index (χ1) is 9.38. The maximum atomic E-state index is 11.9. The molecule has 1 atom stereocenters. The number of amides is 1. The first-order valence-electron chi connectivity index (χ1n) is 7.14. The minimum atomic E-state index is -0.417. The van der Waals surface area contributed by atoms with Gasteiger partial charge in [-0.25, -0.2) is 0 Å². The van der Waals surface area contributed by atoms with Crippen molar-refractivity contribution in [2.75, 3.05) is 14.1 Å². The molecule has 0 saturated carbocycles. The van der Waals surface area contributed by atoms with Crippen LogP contribution in [0.15, 0.2) is 24.3 Å². The molecule has 0 unspecified atom stereocenters. The number of nitrogens with zero attached hydrogens (tertiary/aromatic N) is 1. The van der Waals surface area contributed by atoms with E-state index in [4.69, 9.17) is 5.73 Å². The number of carbonyl (C=O) groups excluding carboxylic acids is 1. The molecule has 0 aliphatic heterocycles. The summed E-state index contributed by atoms with van der Waals surface area (Å²) in [6.07, 6.45) is 0.715. The zero-order chi connectivity index (χ0) is 15.1. The molecule has 1 aromatic rings. The van der Waals surface area contributed by atoms with Gasteiger partial charge in [0.2, 0.25) is 5.91 Å². The number of hydrogen-bond donors (Lipinski definition) is 2. The molecular formula is C16H29Cl2N3O. The van der Waals surface area contributed by atoms with Crippen LogP contribution >= 0.6 is 24.8 Å². The Morgan fingerprint density at radius 1 is 1.23 bits per heavy atom.